The molecule has 3 rings (SSSR count). The molecule has 1 amide bonds. The van der Waals surface area contributed by atoms with Gasteiger partial charge < -0.3 is 15.4 Å². The van der Waals surface area contributed by atoms with Crippen molar-refractivity contribution in [3.05, 3.63) is 70.5 Å². The molecule has 0 aliphatic carbocycles. The van der Waals surface area contributed by atoms with Crippen molar-refractivity contribution in [2.24, 2.45) is 0 Å². The van der Waals surface area contributed by atoms with Crippen molar-refractivity contribution in [1.82, 2.24) is 9.97 Å². The lowest BCUT2D eigenvalue weighted by Gasteiger charge is -2.11. The van der Waals surface area contributed by atoms with Gasteiger partial charge >= 0.3 is 0 Å². The highest BCUT2D eigenvalue weighted by Gasteiger charge is 2.12. The maximum atomic E-state index is 12.4. The number of hydrogen-bond donors (Lipinski definition) is 2. The second-order valence-electron chi connectivity index (χ2n) is 5.17. The standard InChI is InChI=1S/C18H14Cl2N4O2/c1-26-16-5-3-2-4-13(16)23-18-21-9-8-14(24-18)17(25)22-15-10-11(19)6-7-12(15)20/h2-10H,1H3,(H,22,25)(H,21,23,24). The van der Waals surface area contributed by atoms with Gasteiger partial charge in [0.25, 0.3) is 5.91 Å². The first-order valence-electron chi connectivity index (χ1n) is 7.56. The highest BCUT2D eigenvalue weighted by Crippen LogP contribution is 2.27. The number of hydrogen-bond acceptors (Lipinski definition) is 5. The van der Waals surface area contributed by atoms with Gasteiger partial charge in [0.15, 0.2) is 0 Å². The second-order valence-corrected chi connectivity index (χ2v) is 6.01. The Morgan fingerprint density at radius 2 is 1.88 bits per heavy atom. The van der Waals surface area contributed by atoms with Crippen LogP contribution in [0.15, 0.2) is 54.7 Å². The molecule has 0 bridgehead atoms. The van der Waals surface area contributed by atoms with Gasteiger partial charge in [0.05, 0.1) is 23.5 Å². The first kappa shape index (κ1) is 18.0. The van der Waals surface area contributed by atoms with Gasteiger partial charge in [-0.05, 0) is 36.4 Å². The number of benzene rings is 2. The summed E-state index contributed by atoms with van der Waals surface area (Å²) in [5.41, 5.74) is 1.26. The van der Waals surface area contributed by atoms with Crippen molar-refractivity contribution < 1.29 is 9.53 Å². The second kappa shape index (κ2) is 8.03. The number of carbonyl (C=O) groups excluding carboxylic acids is 1. The SMILES string of the molecule is COc1ccccc1Nc1nccc(C(=O)Nc2cc(Cl)ccc2Cl)n1. The molecule has 1 heterocycles. The largest absolute Gasteiger partial charge is 0.495 e. The van der Waals surface area contributed by atoms with Gasteiger partial charge in [0.1, 0.15) is 11.4 Å². The molecule has 0 spiro atoms. The molecule has 0 unspecified atom stereocenters. The summed E-state index contributed by atoms with van der Waals surface area (Å²) in [6, 6.07) is 13.6. The lowest BCUT2D eigenvalue weighted by molar-refractivity contribution is 0.102. The number of nitrogens with one attached hydrogen (secondary N) is 2. The van der Waals surface area contributed by atoms with Crippen molar-refractivity contribution in [2.75, 3.05) is 17.7 Å². The molecule has 2 N–H and O–H groups in total. The monoisotopic (exact) mass is 388 g/mol. The van der Waals surface area contributed by atoms with Crippen LogP contribution in [-0.2, 0) is 0 Å². The van der Waals surface area contributed by atoms with Crippen LogP contribution in [0.3, 0.4) is 0 Å². The molecule has 6 nitrogen and oxygen atoms in total. The van der Waals surface area contributed by atoms with E-state index >= 15 is 0 Å². The number of aromatic nitrogens is 2. The quantitative estimate of drug-likeness (QED) is 0.656. The average molecular weight is 389 g/mol. The van der Waals surface area contributed by atoms with Gasteiger partial charge in [-0.1, -0.05) is 35.3 Å². The highest BCUT2D eigenvalue weighted by atomic mass is 35.5. The smallest absolute Gasteiger partial charge is 0.274 e. The van der Waals surface area contributed by atoms with E-state index in [-0.39, 0.29) is 11.6 Å². The van der Waals surface area contributed by atoms with Crippen molar-refractivity contribution in [3.8, 4) is 5.75 Å². The molecule has 8 heteroatoms. The topological polar surface area (TPSA) is 76.1 Å². The Balaban J connectivity index is 1.80. The normalized spacial score (nSPS) is 10.3. The van der Waals surface area contributed by atoms with E-state index < -0.39 is 5.91 Å². The molecule has 0 radical (unpaired) electrons. The summed E-state index contributed by atoms with van der Waals surface area (Å²) in [6.07, 6.45) is 1.49. The third-order valence-corrected chi connectivity index (χ3v) is 3.98. The lowest BCUT2D eigenvalue weighted by Crippen LogP contribution is -2.15. The summed E-state index contributed by atoms with van der Waals surface area (Å²) in [4.78, 5) is 20.8. The van der Waals surface area contributed by atoms with Gasteiger partial charge in [-0.2, -0.15) is 0 Å². The molecule has 132 valence electrons. The molecule has 0 saturated heterocycles. The fourth-order valence-electron chi connectivity index (χ4n) is 2.19. The van der Waals surface area contributed by atoms with E-state index in [0.29, 0.717) is 27.2 Å². The third-order valence-electron chi connectivity index (χ3n) is 3.42. The Hall–Kier alpha value is -2.83. The molecule has 3 aromatic rings. The summed E-state index contributed by atoms with van der Waals surface area (Å²) in [7, 11) is 1.57. The minimum absolute atomic E-state index is 0.174. The van der Waals surface area contributed by atoms with Gasteiger partial charge in [-0.25, -0.2) is 9.97 Å². The Labute approximate surface area is 160 Å². The van der Waals surface area contributed by atoms with Gasteiger partial charge in [0.2, 0.25) is 5.95 Å². The van der Waals surface area contributed by atoms with Crippen molar-refractivity contribution in [3.63, 3.8) is 0 Å². The molecule has 2 aromatic carbocycles. The zero-order valence-corrected chi connectivity index (χ0v) is 15.2. The van der Waals surface area contributed by atoms with E-state index in [2.05, 4.69) is 20.6 Å². The molecule has 0 aliphatic rings. The molecule has 0 fully saturated rings. The molecule has 0 saturated carbocycles. The number of carbonyl (C=O) groups is 1. The summed E-state index contributed by atoms with van der Waals surface area (Å²) in [5, 5.41) is 6.55. The number of rotatable bonds is 5. The summed E-state index contributed by atoms with van der Waals surface area (Å²) in [5.74, 6) is 0.468. The Bertz CT molecular complexity index is 950. The third kappa shape index (κ3) is 4.22. The van der Waals surface area contributed by atoms with Crippen molar-refractivity contribution in [1.29, 1.82) is 0 Å². The maximum Gasteiger partial charge on any atom is 0.274 e. The van der Waals surface area contributed by atoms with E-state index in [1.54, 1.807) is 31.4 Å². The van der Waals surface area contributed by atoms with E-state index in [0.717, 1.165) is 0 Å². The van der Waals surface area contributed by atoms with Crippen LogP contribution < -0.4 is 15.4 Å². The number of anilines is 3. The van der Waals surface area contributed by atoms with Gasteiger partial charge in [-0.15, -0.1) is 0 Å². The number of nitrogens with zero attached hydrogens (tertiary/aromatic N) is 2. The fourth-order valence-corrected chi connectivity index (χ4v) is 2.53. The number of amides is 1. The predicted octanol–water partition coefficient (Wildman–Crippen LogP) is 4.79. The van der Waals surface area contributed by atoms with Crippen LogP contribution in [0.5, 0.6) is 5.75 Å². The fraction of sp³-hybridized carbons (Fsp3) is 0.0556. The molecular weight excluding hydrogens is 375 g/mol. The number of ether oxygens (including phenoxy) is 1. The molecule has 0 aliphatic heterocycles. The van der Waals surface area contributed by atoms with Crippen LogP contribution >= 0.6 is 23.2 Å². The minimum atomic E-state index is -0.431. The van der Waals surface area contributed by atoms with E-state index in [9.17, 15) is 4.79 Å². The molecule has 1 aromatic heterocycles. The molecular formula is C18H14Cl2N4O2. The van der Waals surface area contributed by atoms with Crippen LogP contribution in [-0.4, -0.2) is 23.0 Å². The number of para-hydroxylation sites is 2. The van der Waals surface area contributed by atoms with Crippen molar-refractivity contribution in [2.45, 2.75) is 0 Å². The first-order chi connectivity index (χ1) is 12.6. The predicted molar refractivity (Wildman–Crippen MR) is 103 cm³/mol. The lowest BCUT2D eigenvalue weighted by atomic mass is 10.3. The van der Waals surface area contributed by atoms with E-state index in [1.165, 1.54) is 12.3 Å². The van der Waals surface area contributed by atoms with Crippen molar-refractivity contribution >= 4 is 46.4 Å². The summed E-state index contributed by atoms with van der Waals surface area (Å²) in [6.45, 7) is 0. The number of methoxy groups -OCH3 is 1. The van der Waals surface area contributed by atoms with Crippen LogP contribution in [0.25, 0.3) is 0 Å². The van der Waals surface area contributed by atoms with Crippen LogP contribution in [0.1, 0.15) is 10.5 Å². The Kier molecular flexibility index (Phi) is 5.55. The Morgan fingerprint density at radius 3 is 2.69 bits per heavy atom. The summed E-state index contributed by atoms with van der Waals surface area (Å²) < 4.78 is 5.27. The highest BCUT2D eigenvalue weighted by molar-refractivity contribution is 6.35. The maximum absolute atomic E-state index is 12.4. The zero-order chi connectivity index (χ0) is 18.5. The van der Waals surface area contributed by atoms with Gasteiger partial charge in [0, 0.05) is 11.2 Å². The zero-order valence-electron chi connectivity index (χ0n) is 13.7. The first-order valence-corrected chi connectivity index (χ1v) is 8.32. The van der Waals surface area contributed by atoms with E-state index in [1.807, 2.05) is 18.2 Å². The molecule has 0 atom stereocenters. The molecule has 26 heavy (non-hydrogen) atoms. The average Bonchev–Trinajstić information content (AvgIpc) is 2.65. The van der Waals surface area contributed by atoms with E-state index in [4.69, 9.17) is 27.9 Å². The minimum Gasteiger partial charge on any atom is -0.495 e. The van der Waals surface area contributed by atoms with Gasteiger partial charge in [-0.3, -0.25) is 4.79 Å². The summed E-state index contributed by atoms with van der Waals surface area (Å²) >= 11 is 12.0. The Morgan fingerprint density at radius 1 is 1.08 bits per heavy atom. The van der Waals surface area contributed by atoms with Crippen LogP contribution in [0.4, 0.5) is 17.3 Å². The van der Waals surface area contributed by atoms with Crippen LogP contribution in [0, 0.1) is 0 Å². The number of halogens is 2. The van der Waals surface area contributed by atoms with Crippen LogP contribution in [0.2, 0.25) is 10.0 Å².